The smallest absolute Gasteiger partial charge is 0.133 e. The van der Waals surface area contributed by atoms with Crippen LogP contribution in [-0.2, 0) is 13.0 Å². The maximum Gasteiger partial charge on any atom is 0.133 e. The predicted molar refractivity (Wildman–Crippen MR) is 126 cm³/mol. The topological polar surface area (TPSA) is 39.1 Å². The highest BCUT2D eigenvalue weighted by atomic mass is 16.5. The van der Waals surface area contributed by atoms with Gasteiger partial charge in [0.1, 0.15) is 18.2 Å². The van der Waals surface area contributed by atoms with Crippen molar-refractivity contribution in [2.45, 2.75) is 32.8 Å². The van der Waals surface area contributed by atoms with Gasteiger partial charge in [0.05, 0.1) is 11.4 Å². The lowest BCUT2D eigenvalue weighted by Crippen LogP contribution is -2.07. The number of rotatable bonds is 5. The number of ether oxygens (including phenoxy) is 1. The first-order chi connectivity index (χ1) is 15.3. The van der Waals surface area contributed by atoms with E-state index >= 15 is 0 Å². The molecule has 0 fully saturated rings. The molecule has 1 aliphatic heterocycles. The molecule has 1 aliphatic rings. The molecule has 0 unspecified atom stereocenters. The van der Waals surface area contributed by atoms with Crippen LogP contribution >= 0.6 is 0 Å². The van der Waals surface area contributed by atoms with Crippen LogP contribution in [0.5, 0.6) is 5.75 Å². The molecule has 4 heteroatoms. The first-order valence-electron chi connectivity index (χ1n) is 11.0. The number of benzene rings is 3. The first kappa shape index (κ1) is 19.4. The molecule has 0 radical (unpaired) electrons. The summed E-state index contributed by atoms with van der Waals surface area (Å²) in [4.78, 5) is 0. The lowest BCUT2D eigenvalue weighted by Gasteiger charge is -2.11. The summed E-state index contributed by atoms with van der Waals surface area (Å²) in [5.41, 5.74) is 7.03. The standard InChI is InChI=1S/C27H27N3O/c1-20-10-12-22(13-11-20)26-25-9-5-6-18-28-27(25)30(29-26)23-14-16-24(17-15-23)31-19-21-7-3-2-4-8-21/h2-4,7-8,10-17,28H,5-6,9,18-19H2,1H3. The molecule has 4 nitrogen and oxygen atoms in total. The zero-order valence-corrected chi connectivity index (χ0v) is 17.8. The fourth-order valence-corrected chi connectivity index (χ4v) is 4.06. The van der Waals surface area contributed by atoms with Crippen molar-refractivity contribution in [1.82, 2.24) is 9.78 Å². The van der Waals surface area contributed by atoms with Gasteiger partial charge in [0.25, 0.3) is 0 Å². The molecule has 0 bridgehead atoms. The van der Waals surface area contributed by atoms with E-state index in [1.54, 1.807) is 0 Å². The van der Waals surface area contributed by atoms with Crippen LogP contribution in [0.25, 0.3) is 16.9 Å². The van der Waals surface area contributed by atoms with Gasteiger partial charge < -0.3 is 10.1 Å². The maximum absolute atomic E-state index is 5.96. The summed E-state index contributed by atoms with van der Waals surface area (Å²) < 4.78 is 8.01. The third-order valence-corrected chi connectivity index (χ3v) is 5.78. The Labute approximate surface area is 183 Å². The fourth-order valence-electron chi connectivity index (χ4n) is 4.06. The number of nitrogens with zero attached hydrogens (tertiary/aromatic N) is 2. The third-order valence-electron chi connectivity index (χ3n) is 5.78. The minimum Gasteiger partial charge on any atom is -0.489 e. The number of hydrogen-bond donors (Lipinski definition) is 1. The van der Waals surface area contributed by atoms with E-state index in [1.807, 2.05) is 30.3 Å². The van der Waals surface area contributed by atoms with E-state index in [-0.39, 0.29) is 0 Å². The van der Waals surface area contributed by atoms with Crippen LogP contribution in [0.1, 0.15) is 29.5 Å². The highest BCUT2D eigenvalue weighted by molar-refractivity contribution is 5.71. The summed E-state index contributed by atoms with van der Waals surface area (Å²) in [5.74, 6) is 1.98. The molecular weight excluding hydrogens is 382 g/mol. The molecule has 1 N–H and O–H groups in total. The van der Waals surface area contributed by atoms with Crippen molar-refractivity contribution in [3.05, 3.63) is 95.6 Å². The number of aryl methyl sites for hydroxylation is 1. The third kappa shape index (κ3) is 4.19. The van der Waals surface area contributed by atoms with E-state index < -0.39 is 0 Å². The Balaban J connectivity index is 1.44. The number of fused-ring (bicyclic) bond motifs is 1. The second-order valence-electron chi connectivity index (χ2n) is 8.11. The quantitative estimate of drug-likeness (QED) is 0.428. The zero-order chi connectivity index (χ0) is 21.0. The van der Waals surface area contributed by atoms with E-state index in [1.165, 1.54) is 29.5 Å². The van der Waals surface area contributed by atoms with Crippen LogP contribution in [0.4, 0.5) is 5.82 Å². The van der Waals surface area contributed by atoms with E-state index in [9.17, 15) is 0 Å². The van der Waals surface area contributed by atoms with Gasteiger partial charge >= 0.3 is 0 Å². The van der Waals surface area contributed by atoms with Crippen molar-refractivity contribution in [2.24, 2.45) is 0 Å². The number of anilines is 1. The molecule has 0 amide bonds. The van der Waals surface area contributed by atoms with Gasteiger partial charge in [0.15, 0.2) is 0 Å². The largest absolute Gasteiger partial charge is 0.489 e. The van der Waals surface area contributed by atoms with Gasteiger partial charge in [-0.3, -0.25) is 0 Å². The van der Waals surface area contributed by atoms with E-state index in [0.717, 1.165) is 41.5 Å². The Hall–Kier alpha value is -3.53. The first-order valence-corrected chi connectivity index (χ1v) is 11.0. The van der Waals surface area contributed by atoms with Gasteiger partial charge in [-0.25, -0.2) is 4.68 Å². The number of aromatic nitrogens is 2. The van der Waals surface area contributed by atoms with Crippen LogP contribution in [-0.4, -0.2) is 16.3 Å². The lowest BCUT2D eigenvalue weighted by atomic mass is 10.0. The van der Waals surface area contributed by atoms with Crippen molar-refractivity contribution in [1.29, 1.82) is 0 Å². The fraction of sp³-hybridized carbons (Fsp3) is 0.222. The Morgan fingerprint density at radius 3 is 2.45 bits per heavy atom. The van der Waals surface area contributed by atoms with E-state index in [0.29, 0.717) is 6.61 Å². The summed E-state index contributed by atoms with van der Waals surface area (Å²) in [7, 11) is 0. The van der Waals surface area contributed by atoms with Crippen LogP contribution in [0, 0.1) is 6.92 Å². The molecule has 156 valence electrons. The highest BCUT2D eigenvalue weighted by Gasteiger charge is 2.21. The van der Waals surface area contributed by atoms with Crippen molar-refractivity contribution < 1.29 is 4.74 Å². The summed E-state index contributed by atoms with van der Waals surface area (Å²) in [6.45, 7) is 3.66. The van der Waals surface area contributed by atoms with Gasteiger partial charge in [-0.1, -0.05) is 60.2 Å². The summed E-state index contributed by atoms with van der Waals surface area (Å²) in [5, 5.41) is 8.66. The number of hydrogen-bond acceptors (Lipinski definition) is 3. The minimum atomic E-state index is 0.566. The molecule has 31 heavy (non-hydrogen) atoms. The summed E-state index contributed by atoms with van der Waals surface area (Å²) in [6.07, 6.45) is 3.40. The molecule has 0 spiro atoms. The van der Waals surface area contributed by atoms with Gasteiger partial charge in [-0.15, -0.1) is 0 Å². The Bertz CT molecular complexity index is 1150. The zero-order valence-electron chi connectivity index (χ0n) is 17.8. The van der Waals surface area contributed by atoms with Crippen molar-refractivity contribution in [2.75, 3.05) is 11.9 Å². The highest BCUT2D eigenvalue weighted by Crippen LogP contribution is 2.34. The SMILES string of the molecule is Cc1ccc(-c2nn(-c3ccc(OCc4ccccc4)cc3)c3c2CCCCN3)cc1. The van der Waals surface area contributed by atoms with Gasteiger partial charge in [-0.05, 0) is 56.0 Å². The lowest BCUT2D eigenvalue weighted by molar-refractivity contribution is 0.306. The molecule has 0 aliphatic carbocycles. The van der Waals surface area contributed by atoms with Crippen molar-refractivity contribution >= 4 is 5.82 Å². The van der Waals surface area contributed by atoms with Crippen molar-refractivity contribution in [3.8, 4) is 22.7 Å². The molecule has 1 aromatic heterocycles. The van der Waals surface area contributed by atoms with Gasteiger partial charge in [0, 0.05) is 17.7 Å². The van der Waals surface area contributed by atoms with Crippen LogP contribution in [0.2, 0.25) is 0 Å². The molecule has 3 aromatic carbocycles. The minimum absolute atomic E-state index is 0.566. The maximum atomic E-state index is 5.96. The van der Waals surface area contributed by atoms with E-state index in [4.69, 9.17) is 9.84 Å². The second-order valence-corrected chi connectivity index (χ2v) is 8.11. The molecule has 2 heterocycles. The molecular formula is C27H27N3O. The average Bonchev–Trinajstić information content (AvgIpc) is 3.00. The monoisotopic (exact) mass is 409 g/mol. The predicted octanol–water partition coefficient (Wildman–Crippen LogP) is 6.17. The Morgan fingerprint density at radius 2 is 1.68 bits per heavy atom. The van der Waals surface area contributed by atoms with Gasteiger partial charge in [-0.2, -0.15) is 5.10 Å². The number of nitrogens with one attached hydrogen (secondary N) is 1. The normalized spacial score (nSPS) is 13.2. The average molecular weight is 410 g/mol. The van der Waals surface area contributed by atoms with Crippen LogP contribution in [0.3, 0.4) is 0 Å². The van der Waals surface area contributed by atoms with Crippen LogP contribution in [0.15, 0.2) is 78.9 Å². The van der Waals surface area contributed by atoms with Gasteiger partial charge in [0.2, 0.25) is 0 Å². The van der Waals surface area contributed by atoms with Crippen molar-refractivity contribution in [3.63, 3.8) is 0 Å². The molecule has 0 saturated heterocycles. The summed E-state index contributed by atoms with van der Waals surface area (Å²) >= 11 is 0. The van der Waals surface area contributed by atoms with E-state index in [2.05, 4.69) is 65.5 Å². The Kier molecular flexibility index (Phi) is 5.44. The molecule has 5 rings (SSSR count). The second kappa shape index (κ2) is 8.68. The molecule has 4 aromatic rings. The molecule has 0 saturated carbocycles. The molecule has 0 atom stereocenters. The Morgan fingerprint density at radius 1 is 0.903 bits per heavy atom. The van der Waals surface area contributed by atoms with Crippen LogP contribution < -0.4 is 10.1 Å². The summed E-state index contributed by atoms with van der Waals surface area (Å²) in [6, 6.07) is 27.1.